The molecule has 3 N–H and O–H groups in total. The largest absolute Gasteiger partial charge is 0.421 e. The lowest BCUT2D eigenvalue weighted by molar-refractivity contribution is -0.137. The number of aromatic nitrogens is 4. The van der Waals surface area contributed by atoms with E-state index in [1.54, 1.807) is 0 Å². The zero-order valence-corrected chi connectivity index (χ0v) is 20.2. The molecule has 1 amide bonds. The van der Waals surface area contributed by atoms with Crippen LogP contribution in [0.4, 0.5) is 30.6 Å². The maximum Gasteiger partial charge on any atom is 0.421 e. The van der Waals surface area contributed by atoms with Crippen LogP contribution >= 0.6 is 0 Å². The summed E-state index contributed by atoms with van der Waals surface area (Å²) in [5.74, 6) is 0.0729. The number of hydrogen-bond acceptors (Lipinski definition) is 7. The molecule has 12 heteroatoms. The van der Waals surface area contributed by atoms with Crippen LogP contribution in [0.2, 0.25) is 0 Å². The Morgan fingerprint density at radius 2 is 2.03 bits per heavy atom. The van der Waals surface area contributed by atoms with Gasteiger partial charge in [-0.1, -0.05) is 6.92 Å². The summed E-state index contributed by atoms with van der Waals surface area (Å²) in [4.78, 5) is 21.8. The number of carbonyl (C=O) groups is 1. The van der Waals surface area contributed by atoms with Gasteiger partial charge < -0.3 is 20.9 Å². The standard InChI is InChI=1S/C23H33F3N8O/c1-3-33-9-6-17(7-10-33)34-14-19(15(2)32-34)30-22-29-13-18(23(24,25)26)21(31-22)27-8-4-5-16-11-20(35)28-12-16/h13-14,16-17H,3-12H2,1-2H3,(H,28,35)(H2,27,29,30,31). The van der Waals surface area contributed by atoms with Crippen LogP contribution in [0, 0.1) is 12.8 Å². The van der Waals surface area contributed by atoms with Crippen molar-refractivity contribution in [3.05, 3.63) is 23.7 Å². The molecule has 35 heavy (non-hydrogen) atoms. The van der Waals surface area contributed by atoms with Crippen molar-refractivity contribution in [3.8, 4) is 0 Å². The Balaban J connectivity index is 1.41. The monoisotopic (exact) mass is 494 g/mol. The summed E-state index contributed by atoms with van der Waals surface area (Å²) in [5.41, 5.74) is 0.503. The van der Waals surface area contributed by atoms with Crippen molar-refractivity contribution in [2.45, 2.75) is 58.2 Å². The van der Waals surface area contributed by atoms with Crippen LogP contribution in [0.25, 0.3) is 0 Å². The molecule has 2 saturated heterocycles. The van der Waals surface area contributed by atoms with Crippen molar-refractivity contribution >= 4 is 23.4 Å². The molecule has 0 aliphatic carbocycles. The normalized spacial score (nSPS) is 19.7. The van der Waals surface area contributed by atoms with Gasteiger partial charge in [-0.3, -0.25) is 9.48 Å². The van der Waals surface area contributed by atoms with E-state index in [0.717, 1.165) is 50.8 Å². The summed E-state index contributed by atoms with van der Waals surface area (Å²) in [6, 6.07) is 0.295. The molecular weight excluding hydrogens is 461 g/mol. The summed E-state index contributed by atoms with van der Waals surface area (Å²) < 4.78 is 42.5. The minimum Gasteiger partial charge on any atom is -0.369 e. The molecule has 0 spiro atoms. The van der Waals surface area contributed by atoms with Crippen molar-refractivity contribution in [2.75, 3.05) is 43.4 Å². The van der Waals surface area contributed by atoms with Crippen molar-refractivity contribution < 1.29 is 18.0 Å². The summed E-state index contributed by atoms with van der Waals surface area (Å²) in [6.07, 6.45) is 1.97. The first-order valence-corrected chi connectivity index (χ1v) is 12.2. The van der Waals surface area contributed by atoms with Gasteiger partial charge in [0.1, 0.15) is 11.4 Å². The van der Waals surface area contributed by atoms with E-state index in [0.29, 0.717) is 37.7 Å². The number of halogens is 3. The fraction of sp³-hybridized carbons (Fsp3) is 0.652. The van der Waals surface area contributed by atoms with Gasteiger partial charge in [-0.25, -0.2) is 4.98 Å². The third-order valence-corrected chi connectivity index (χ3v) is 6.78. The molecule has 2 aromatic rings. The van der Waals surface area contributed by atoms with Gasteiger partial charge in [-0.05, 0) is 45.1 Å². The van der Waals surface area contributed by atoms with Crippen LogP contribution in [-0.2, 0) is 11.0 Å². The molecule has 0 bridgehead atoms. The second kappa shape index (κ2) is 10.8. The number of alkyl halides is 3. The van der Waals surface area contributed by atoms with Crippen molar-refractivity contribution in [2.24, 2.45) is 5.92 Å². The van der Waals surface area contributed by atoms with E-state index in [1.165, 1.54) is 0 Å². The highest BCUT2D eigenvalue weighted by Crippen LogP contribution is 2.34. The molecule has 0 radical (unpaired) electrons. The number of amides is 1. The molecule has 0 aromatic carbocycles. The van der Waals surface area contributed by atoms with Crippen LogP contribution in [0.15, 0.2) is 12.4 Å². The Morgan fingerprint density at radius 3 is 2.69 bits per heavy atom. The maximum atomic E-state index is 13.5. The maximum absolute atomic E-state index is 13.5. The van der Waals surface area contributed by atoms with Crippen LogP contribution in [0.3, 0.4) is 0 Å². The van der Waals surface area contributed by atoms with E-state index in [-0.39, 0.29) is 23.6 Å². The molecule has 192 valence electrons. The van der Waals surface area contributed by atoms with Crippen LogP contribution in [0.1, 0.15) is 56.3 Å². The van der Waals surface area contributed by atoms with E-state index in [4.69, 9.17) is 0 Å². The third kappa shape index (κ3) is 6.41. The first-order valence-electron chi connectivity index (χ1n) is 12.2. The quantitative estimate of drug-likeness (QED) is 0.457. The smallest absolute Gasteiger partial charge is 0.369 e. The van der Waals surface area contributed by atoms with Crippen molar-refractivity contribution in [1.29, 1.82) is 0 Å². The Hall–Kier alpha value is -2.89. The Morgan fingerprint density at radius 1 is 1.26 bits per heavy atom. The molecule has 2 aliphatic heterocycles. The Kier molecular flexibility index (Phi) is 7.78. The lowest BCUT2D eigenvalue weighted by atomic mass is 10.0. The number of piperidine rings is 1. The van der Waals surface area contributed by atoms with E-state index < -0.39 is 11.7 Å². The van der Waals surface area contributed by atoms with Gasteiger partial charge in [0.05, 0.1) is 17.4 Å². The number of likely N-dealkylation sites (tertiary alicyclic amines) is 1. The lowest BCUT2D eigenvalue weighted by Gasteiger charge is -2.31. The van der Waals surface area contributed by atoms with Gasteiger partial charge in [0.15, 0.2) is 0 Å². The van der Waals surface area contributed by atoms with E-state index in [2.05, 4.69) is 42.8 Å². The number of nitrogens with one attached hydrogen (secondary N) is 3. The first-order chi connectivity index (χ1) is 16.7. The zero-order valence-electron chi connectivity index (χ0n) is 20.2. The van der Waals surface area contributed by atoms with Crippen molar-refractivity contribution in [1.82, 2.24) is 30.0 Å². The predicted molar refractivity (Wildman–Crippen MR) is 127 cm³/mol. The van der Waals surface area contributed by atoms with Gasteiger partial charge in [0.2, 0.25) is 11.9 Å². The van der Waals surface area contributed by atoms with Crippen molar-refractivity contribution in [3.63, 3.8) is 0 Å². The summed E-state index contributed by atoms with van der Waals surface area (Å²) >= 11 is 0. The van der Waals surface area contributed by atoms with Gasteiger partial charge >= 0.3 is 6.18 Å². The summed E-state index contributed by atoms with van der Waals surface area (Å²) in [5, 5.41) is 13.3. The number of carbonyl (C=O) groups excluding carboxylic acids is 1. The molecule has 4 rings (SSSR count). The zero-order chi connectivity index (χ0) is 25.0. The molecule has 4 heterocycles. The fourth-order valence-corrected chi connectivity index (χ4v) is 4.66. The highest BCUT2D eigenvalue weighted by molar-refractivity contribution is 5.78. The average molecular weight is 495 g/mol. The molecular formula is C23H33F3N8O. The van der Waals surface area contributed by atoms with Crippen LogP contribution in [0.5, 0.6) is 0 Å². The van der Waals surface area contributed by atoms with E-state index in [1.807, 2.05) is 17.8 Å². The molecule has 2 aliphatic rings. The molecule has 9 nitrogen and oxygen atoms in total. The number of nitrogens with zero attached hydrogens (tertiary/aromatic N) is 5. The minimum atomic E-state index is -4.57. The minimum absolute atomic E-state index is 0.0267. The van der Waals surface area contributed by atoms with E-state index >= 15 is 0 Å². The molecule has 2 aromatic heterocycles. The topological polar surface area (TPSA) is 100 Å². The second-order valence-electron chi connectivity index (χ2n) is 9.30. The van der Waals surface area contributed by atoms with Gasteiger partial charge in [-0.15, -0.1) is 0 Å². The SMILES string of the molecule is CCN1CCC(n2cc(Nc3ncc(C(F)(F)F)c(NCCCC4CNC(=O)C4)n3)c(C)n2)CC1. The van der Waals surface area contributed by atoms with E-state index in [9.17, 15) is 18.0 Å². The van der Waals surface area contributed by atoms with Crippen LogP contribution in [-0.4, -0.2) is 63.3 Å². The summed E-state index contributed by atoms with van der Waals surface area (Å²) in [6.45, 7) is 8.03. The van der Waals surface area contributed by atoms with Gasteiger partial charge in [0, 0.05) is 45.0 Å². The fourth-order valence-electron chi connectivity index (χ4n) is 4.66. The second-order valence-corrected chi connectivity index (χ2v) is 9.30. The van der Waals surface area contributed by atoms with Crippen LogP contribution < -0.4 is 16.0 Å². The summed E-state index contributed by atoms with van der Waals surface area (Å²) in [7, 11) is 0. The highest BCUT2D eigenvalue weighted by atomic mass is 19.4. The number of rotatable bonds is 9. The molecule has 1 atom stereocenters. The van der Waals surface area contributed by atoms with Gasteiger partial charge in [0.25, 0.3) is 0 Å². The Labute approximate surface area is 202 Å². The van der Waals surface area contributed by atoms with Gasteiger partial charge in [-0.2, -0.15) is 23.3 Å². The molecule has 0 saturated carbocycles. The number of anilines is 3. The first kappa shape index (κ1) is 25.2. The molecule has 2 fully saturated rings. The average Bonchev–Trinajstić information content (AvgIpc) is 3.41. The third-order valence-electron chi connectivity index (χ3n) is 6.78. The predicted octanol–water partition coefficient (Wildman–Crippen LogP) is 3.73. The molecule has 1 unspecified atom stereocenters. The lowest BCUT2D eigenvalue weighted by Crippen LogP contribution is -2.34. The highest BCUT2D eigenvalue weighted by Gasteiger charge is 2.35. The number of aryl methyl sites for hydroxylation is 1. The number of hydrogen-bond donors (Lipinski definition) is 3. The Bertz CT molecular complexity index is 1020.